The zero-order valence-corrected chi connectivity index (χ0v) is 6.79. The number of carbonyl (C=O) groups is 1. The number of hydrogen-bond acceptors (Lipinski definition) is 3. The van der Waals surface area contributed by atoms with E-state index < -0.39 is 12.1 Å². The Kier molecular flexibility index (Phi) is 2.55. The lowest BCUT2D eigenvalue weighted by atomic mass is 10.1. The zero-order chi connectivity index (χ0) is 10.0. The molecule has 0 aliphatic rings. The van der Waals surface area contributed by atoms with Crippen molar-refractivity contribution in [3.8, 4) is 5.75 Å². The Balaban J connectivity index is 3.38. The largest absolute Gasteiger partial charge is 0.506 e. The van der Waals surface area contributed by atoms with Crippen molar-refractivity contribution in [2.45, 2.75) is 13.3 Å². The van der Waals surface area contributed by atoms with Crippen LogP contribution in [0.4, 0.5) is 8.78 Å². The van der Waals surface area contributed by atoms with E-state index in [0.717, 1.165) is 6.20 Å². The second kappa shape index (κ2) is 3.47. The van der Waals surface area contributed by atoms with Crippen LogP contribution in [0.3, 0.4) is 0 Å². The Bertz CT molecular complexity index is 339. The Labute approximate surface area is 73.0 Å². The van der Waals surface area contributed by atoms with E-state index in [0.29, 0.717) is 0 Å². The quantitative estimate of drug-likeness (QED) is 0.718. The molecule has 1 aromatic heterocycles. The molecular formula is C8H7F2NO2. The van der Waals surface area contributed by atoms with Crippen LogP contribution in [0.2, 0.25) is 0 Å². The Morgan fingerprint density at radius 2 is 2.23 bits per heavy atom. The fourth-order valence-electron chi connectivity index (χ4n) is 0.950. The highest BCUT2D eigenvalue weighted by Gasteiger charge is 2.17. The summed E-state index contributed by atoms with van der Waals surface area (Å²) in [6, 6.07) is 0. The number of rotatable bonds is 2. The lowest BCUT2D eigenvalue weighted by molar-refractivity contribution is 0.110. The van der Waals surface area contributed by atoms with Crippen LogP contribution in [0.25, 0.3) is 0 Å². The third-order valence-electron chi connectivity index (χ3n) is 1.71. The van der Waals surface area contributed by atoms with Gasteiger partial charge < -0.3 is 5.11 Å². The van der Waals surface area contributed by atoms with Crippen LogP contribution in [0.5, 0.6) is 5.75 Å². The Hall–Kier alpha value is -1.52. The molecule has 0 bridgehead atoms. The third kappa shape index (κ3) is 1.63. The number of aldehydes is 1. The highest BCUT2D eigenvalue weighted by atomic mass is 19.3. The maximum atomic E-state index is 12.2. The van der Waals surface area contributed by atoms with E-state index in [-0.39, 0.29) is 23.2 Å². The van der Waals surface area contributed by atoms with Crippen LogP contribution in [-0.4, -0.2) is 16.4 Å². The minimum absolute atomic E-state index is 0.125. The molecule has 1 heterocycles. The summed E-state index contributed by atoms with van der Waals surface area (Å²) in [6.45, 7) is 1.38. The van der Waals surface area contributed by atoms with Crippen LogP contribution in [0.1, 0.15) is 28.0 Å². The summed E-state index contributed by atoms with van der Waals surface area (Å²) in [5.41, 5.74) is -0.708. The summed E-state index contributed by atoms with van der Waals surface area (Å²) < 4.78 is 24.4. The average Bonchev–Trinajstić information content (AvgIpc) is 2.09. The first-order valence-corrected chi connectivity index (χ1v) is 3.49. The molecule has 0 atom stereocenters. The van der Waals surface area contributed by atoms with Gasteiger partial charge in [0.1, 0.15) is 11.4 Å². The standard InChI is InChI=1S/C8H7F2NO2/c1-4-5(3-12)7(8(9)10)11-2-6(4)13/h2-3,8,13H,1H3. The van der Waals surface area contributed by atoms with Crippen molar-refractivity contribution in [1.29, 1.82) is 0 Å². The molecule has 0 unspecified atom stereocenters. The highest BCUT2D eigenvalue weighted by molar-refractivity contribution is 5.80. The minimum Gasteiger partial charge on any atom is -0.506 e. The van der Waals surface area contributed by atoms with Crippen molar-refractivity contribution in [2.24, 2.45) is 0 Å². The van der Waals surface area contributed by atoms with Gasteiger partial charge in [0.2, 0.25) is 0 Å². The van der Waals surface area contributed by atoms with Gasteiger partial charge in [0.15, 0.2) is 6.29 Å². The van der Waals surface area contributed by atoms with Crippen molar-refractivity contribution in [3.63, 3.8) is 0 Å². The molecule has 0 aliphatic heterocycles. The Morgan fingerprint density at radius 1 is 1.62 bits per heavy atom. The summed E-state index contributed by atoms with van der Waals surface area (Å²) in [5, 5.41) is 9.07. The number of pyridine rings is 1. The van der Waals surface area contributed by atoms with Gasteiger partial charge in [-0.05, 0) is 6.92 Å². The smallest absolute Gasteiger partial charge is 0.281 e. The maximum absolute atomic E-state index is 12.2. The first-order valence-electron chi connectivity index (χ1n) is 3.49. The molecule has 3 nitrogen and oxygen atoms in total. The van der Waals surface area contributed by atoms with Gasteiger partial charge >= 0.3 is 0 Å². The summed E-state index contributed by atoms with van der Waals surface area (Å²) in [7, 11) is 0. The zero-order valence-electron chi connectivity index (χ0n) is 6.79. The summed E-state index contributed by atoms with van der Waals surface area (Å²) in [5.74, 6) is -0.258. The first-order chi connectivity index (χ1) is 6.07. The van der Waals surface area contributed by atoms with E-state index in [2.05, 4.69) is 4.98 Å². The molecule has 1 N–H and O–H groups in total. The van der Waals surface area contributed by atoms with Crippen LogP contribution in [-0.2, 0) is 0 Å². The van der Waals surface area contributed by atoms with Crippen molar-refractivity contribution in [3.05, 3.63) is 23.0 Å². The van der Waals surface area contributed by atoms with Crippen molar-refractivity contribution < 1.29 is 18.7 Å². The van der Waals surface area contributed by atoms with Gasteiger partial charge in [-0.3, -0.25) is 9.78 Å². The lowest BCUT2D eigenvalue weighted by Crippen LogP contribution is -2.00. The van der Waals surface area contributed by atoms with Gasteiger partial charge in [-0.2, -0.15) is 0 Å². The van der Waals surface area contributed by atoms with Crippen molar-refractivity contribution in [1.82, 2.24) is 4.98 Å². The van der Waals surface area contributed by atoms with E-state index in [9.17, 15) is 13.6 Å². The van der Waals surface area contributed by atoms with Gasteiger partial charge in [-0.1, -0.05) is 0 Å². The number of nitrogens with zero attached hydrogens (tertiary/aromatic N) is 1. The maximum Gasteiger partial charge on any atom is 0.281 e. The highest BCUT2D eigenvalue weighted by Crippen LogP contribution is 2.26. The van der Waals surface area contributed by atoms with Crippen LogP contribution in [0.15, 0.2) is 6.20 Å². The van der Waals surface area contributed by atoms with E-state index in [1.165, 1.54) is 6.92 Å². The van der Waals surface area contributed by atoms with Gasteiger partial charge in [-0.15, -0.1) is 0 Å². The number of aromatic nitrogens is 1. The molecule has 1 rings (SSSR count). The van der Waals surface area contributed by atoms with E-state index >= 15 is 0 Å². The molecule has 1 aromatic rings. The number of carbonyl (C=O) groups excluding carboxylic acids is 1. The first kappa shape index (κ1) is 9.57. The molecule has 0 aliphatic carbocycles. The fraction of sp³-hybridized carbons (Fsp3) is 0.250. The van der Waals surface area contributed by atoms with Crippen molar-refractivity contribution in [2.75, 3.05) is 0 Å². The van der Waals surface area contributed by atoms with E-state index in [1.54, 1.807) is 0 Å². The Morgan fingerprint density at radius 3 is 2.69 bits per heavy atom. The molecule has 70 valence electrons. The SMILES string of the molecule is Cc1c(O)cnc(C(F)F)c1C=O. The van der Waals surface area contributed by atoms with Crippen LogP contribution >= 0.6 is 0 Å². The normalized spacial score (nSPS) is 10.5. The van der Waals surface area contributed by atoms with Crippen LogP contribution in [0, 0.1) is 6.92 Å². The average molecular weight is 187 g/mol. The minimum atomic E-state index is -2.81. The second-order valence-electron chi connectivity index (χ2n) is 2.49. The van der Waals surface area contributed by atoms with E-state index in [1.807, 2.05) is 0 Å². The molecule has 5 heteroatoms. The van der Waals surface area contributed by atoms with Crippen molar-refractivity contribution >= 4 is 6.29 Å². The van der Waals surface area contributed by atoms with E-state index in [4.69, 9.17) is 5.11 Å². The van der Waals surface area contributed by atoms with Crippen LogP contribution < -0.4 is 0 Å². The predicted molar refractivity (Wildman–Crippen MR) is 41.0 cm³/mol. The summed E-state index contributed by atoms with van der Waals surface area (Å²) >= 11 is 0. The predicted octanol–water partition coefficient (Wildman–Crippen LogP) is 1.85. The molecule has 0 fully saturated rings. The summed E-state index contributed by atoms with van der Waals surface area (Å²) in [4.78, 5) is 13.7. The number of alkyl halides is 2. The number of hydrogen-bond donors (Lipinski definition) is 1. The van der Waals surface area contributed by atoms with Gasteiger partial charge in [0.05, 0.1) is 6.20 Å². The molecule has 0 saturated carbocycles. The molecule has 0 amide bonds. The molecule has 0 aromatic carbocycles. The van der Waals surface area contributed by atoms with Gasteiger partial charge in [0.25, 0.3) is 6.43 Å². The monoisotopic (exact) mass is 187 g/mol. The summed E-state index contributed by atoms with van der Waals surface area (Å²) in [6.07, 6.45) is -1.63. The van der Waals surface area contributed by atoms with Gasteiger partial charge in [-0.25, -0.2) is 8.78 Å². The number of aromatic hydroxyl groups is 1. The fourth-order valence-corrected chi connectivity index (χ4v) is 0.950. The molecule has 13 heavy (non-hydrogen) atoms. The molecule has 0 saturated heterocycles. The molecule has 0 radical (unpaired) electrons. The molecular weight excluding hydrogens is 180 g/mol. The second-order valence-corrected chi connectivity index (χ2v) is 2.49. The lowest BCUT2D eigenvalue weighted by Gasteiger charge is -2.06. The van der Waals surface area contributed by atoms with Gasteiger partial charge in [0, 0.05) is 11.1 Å². The number of halogens is 2. The topological polar surface area (TPSA) is 50.2 Å². The molecule has 0 spiro atoms. The third-order valence-corrected chi connectivity index (χ3v) is 1.71.